The molecule has 1 fully saturated rings. The molecule has 4 aromatic rings. The van der Waals surface area contributed by atoms with Crippen molar-refractivity contribution in [2.75, 3.05) is 36.1 Å². The molecule has 1 aromatic carbocycles. The van der Waals surface area contributed by atoms with Gasteiger partial charge in [0, 0.05) is 24.8 Å². The first-order valence-corrected chi connectivity index (χ1v) is 14.1. The average Bonchev–Trinajstić information content (AvgIpc) is 3.26. The lowest BCUT2D eigenvalue weighted by atomic mass is 9.90. The number of hydrogen-bond acceptors (Lipinski definition) is 10. The fraction of sp³-hybridized carbons (Fsp3) is 0.414. The standard InChI is InChI=1S/C29H36ClN9O3/c1-28(2,3)42-27(40)36-29(4)11-14-38(15-12-29)21-16-33-23-25(34-20-10-13-32-24(31)22(20)30)37-39(26(23)35-21)17-18-6-8-19(41-5)9-7-18/h6-10,13,16H,11-12,14-15,17H2,1-5H3,(H,36,40)(H3,31,32,34,37). The molecule has 0 spiro atoms. The van der Waals surface area contributed by atoms with Gasteiger partial charge < -0.3 is 30.7 Å². The normalized spacial score (nSPS) is 15.0. The molecule has 1 amide bonds. The Morgan fingerprint density at radius 1 is 1.14 bits per heavy atom. The van der Waals surface area contributed by atoms with E-state index in [0.717, 1.165) is 30.0 Å². The highest BCUT2D eigenvalue weighted by Gasteiger charge is 2.34. The maximum atomic E-state index is 12.4. The highest BCUT2D eigenvalue weighted by molar-refractivity contribution is 6.35. The molecule has 3 aromatic heterocycles. The van der Waals surface area contributed by atoms with E-state index in [-0.39, 0.29) is 11.4 Å². The Balaban J connectivity index is 1.41. The second-order valence-electron chi connectivity index (χ2n) is 11.6. The van der Waals surface area contributed by atoms with Crippen molar-refractivity contribution in [1.29, 1.82) is 0 Å². The van der Waals surface area contributed by atoms with Crippen LogP contribution in [0.2, 0.25) is 5.02 Å². The van der Waals surface area contributed by atoms with Crippen molar-refractivity contribution >= 4 is 52.0 Å². The maximum Gasteiger partial charge on any atom is 0.408 e. The van der Waals surface area contributed by atoms with E-state index >= 15 is 0 Å². The number of anilines is 4. The van der Waals surface area contributed by atoms with Gasteiger partial charge in [-0.2, -0.15) is 5.10 Å². The molecule has 4 heterocycles. The molecule has 0 radical (unpaired) electrons. The molecule has 1 saturated heterocycles. The lowest BCUT2D eigenvalue weighted by Gasteiger charge is -2.40. The summed E-state index contributed by atoms with van der Waals surface area (Å²) in [5.41, 5.74) is 7.77. The number of rotatable bonds is 7. The average molecular weight is 594 g/mol. The number of halogens is 1. The van der Waals surface area contributed by atoms with Gasteiger partial charge in [0.15, 0.2) is 17.0 Å². The number of amides is 1. The zero-order valence-electron chi connectivity index (χ0n) is 24.4. The highest BCUT2D eigenvalue weighted by atomic mass is 35.5. The number of nitrogens with zero attached hydrogens (tertiary/aromatic N) is 6. The van der Waals surface area contributed by atoms with Crippen molar-refractivity contribution in [3.63, 3.8) is 0 Å². The van der Waals surface area contributed by atoms with Gasteiger partial charge in [-0.25, -0.2) is 24.4 Å². The third kappa shape index (κ3) is 6.59. The Labute approximate surface area is 249 Å². The van der Waals surface area contributed by atoms with Crippen LogP contribution in [0.25, 0.3) is 11.2 Å². The number of pyridine rings is 1. The van der Waals surface area contributed by atoms with Crippen LogP contribution in [0.5, 0.6) is 5.75 Å². The number of carbonyl (C=O) groups is 1. The van der Waals surface area contributed by atoms with Gasteiger partial charge in [0.05, 0.1) is 25.5 Å². The number of ether oxygens (including phenoxy) is 2. The van der Waals surface area contributed by atoms with Crippen LogP contribution in [0.1, 0.15) is 46.1 Å². The molecule has 0 bridgehead atoms. The number of aromatic nitrogens is 5. The lowest BCUT2D eigenvalue weighted by molar-refractivity contribution is 0.0448. The summed E-state index contributed by atoms with van der Waals surface area (Å²) >= 11 is 6.40. The van der Waals surface area contributed by atoms with Crippen molar-refractivity contribution < 1.29 is 14.3 Å². The van der Waals surface area contributed by atoms with Gasteiger partial charge in [-0.05, 0) is 64.3 Å². The molecule has 1 aliphatic rings. The van der Waals surface area contributed by atoms with Crippen LogP contribution in [-0.4, -0.2) is 62.2 Å². The van der Waals surface area contributed by atoms with Crippen LogP contribution in [0, 0.1) is 0 Å². The summed E-state index contributed by atoms with van der Waals surface area (Å²) < 4.78 is 12.6. The summed E-state index contributed by atoms with van der Waals surface area (Å²) in [6, 6.07) is 9.52. The molecule has 4 N–H and O–H groups in total. The van der Waals surface area contributed by atoms with Crippen molar-refractivity contribution in [1.82, 2.24) is 30.0 Å². The van der Waals surface area contributed by atoms with E-state index in [4.69, 9.17) is 41.9 Å². The number of methoxy groups -OCH3 is 1. The van der Waals surface area contributed by atoms with Crippen molar-refractivity contribution in [2.45, 2.75) is 58.2 Å². The second-order valence-corrected chi connectivity index (χ2v) is 12.0. The molecule has 12 nitrogen and oxygen atoms in total. The van der Waals surface area contributed by atoms with Gasteiger partial charge in [0.1, 0.15) is 28.0 Å². The topological polar surface area (TPSA) is 145 Å². The predicted molar refractivity (Wildman–Crippen MR) is 164 cm³/mol. The minimum atomic E-state index is -0.552. The number of alkyl carbamates (subject to hydrolysis) is 1. The van der Waals surface area contributed by atoms with E-state index in [0.29, 0.717) is 47.3 Å². The first-order valence-electron chi connectivity index (χ1n) is 13.7. The van der Waals surface area contributed by atoms with Gasteiger partial charge in [0.25, 0.3) is 0 Å². The molecular weight excluding hydrogens is 558 g/mol. The van der Waals surface area contributed by atoms with Crippen LogP contribution in [0.15, 0.2) is 42.7 Å². The van der Waals surface area contributed by atoms with E-state index in [1.54, 1.807) is 25.6 Å². The zero-order chi connectivity index (χ0) is 30.1. The van der Waals surface area contributed by atoms with E-state index < -0.39 is 11.7 Å². The Bertz CT molecular complexity index is 1580. The molecule has 42 heavy (non-hydrogen) atoms. The van der Waals surface area contributed by atoms with Gasteiger partial charge in [-0.1, -0.05) is 23.7 Å². The fourth-order valence-corrected chi connectivity index (χ4v) is 4.93. The number of fused-ring (bicyclic) bond motifs is 1. The number of carbonyl (C=O) groups excluding carboxylic acids is 1. The zero-order valence-corrected chi connectivity index (χ0v) is 25.2. The molecule has 0 aliphatic carbocycles. The third-order valence-corrected chi connectivity index (χ3v) is 7.48. The third-order valence-electron chi connectivity index (χ3n) is 7.09. The lowest BCUT2D eigenvalue weighted by Crippen LogP contribution is -2.54. The van der Waals surface area contributed by atoms with Gasteiger partial charge in [-0.15, -0.1) is 0 Å². The molecule has 13 heteroatoms. The minimum absolute atomic E-state index is 0.218. The van der Waals surface area contributed by atoms with Gasteiger partial charge in [-0.3, -0.25) is 0 Å². The molecule has 222 valence electrons. The van der Waals surface area contributed by atoms with Crippen molar-refractivity contribution in [3.8, 4) is 5.75 Å². The van der Waals surface area contributed by atoms with Gasteiger partial charge >= 0.3 is 6.09 Å². The smallest absolute Gasteiger partial charge is 0.408 e. The fourth-order valence-electron chi connectivity index (χ4n) is 4.77. The van der Waals surface area contributed by atoms with Crippen LogP contribution >= 0.6 is 11.6 Å². The van der Waals surface area contributed by atoms with Crippen LogP contribution in [0.3, 0.4) is 0 Å². The Kier molecular flexibility index (Phi) is 8.00. The van der Waals surface area contributed by atoms with Crippen molar-refractivity contribution in [3.05, 3.63) is 53.3 Å². The van der Waals surface area contributed by atoms with Crippen molar-refractivity contribution in [2.24, 2.45) is 0 Å². The van der Waals surface area contributed by atoms with E-state index in [1.165, 1.54) is 0 Å². The Morgan fingerprint density at radius 2 is 1.86 bits per heavy atom. The monoisotopic (exact) mass is 593 g/mol. The number of benzene rings is 1. The SMILES string of the molecule is COc1ccc(Cn2nc(Nc3ccnc(N)c3Cl)c3ncc(N4CCC(C)(NC(=O)OC(C)(C)C)CC4)nc32)cc1. The summed E-state index contributed by atoms with van der Waals surface area (Å²) in [4.78, 5) is 28.4. The maximum absolute atomic E-state index is 12.4. The number of nitrogens with two attached hydrogens (primary N) is 1. The minimum Gasteiger partial charge on any atom is -0.497 e. The summed E-state index contributed by atoms with van der Waals surface area (Å²) in [6.45, 7) is 9.45. The molecule has 5 rings (SSSR count). The quantitative estimate of drug-likeness (QED) is 0.263. The summed E-state index contributed by atoms with van der Waals surface area (Å²) in [7, 11) is 1.64. The molecule has 0 unspecified atom stereocenters. The number of piperidine rings is 1. The number of nitrogens with one attached hydrogen (secondary N) is 2. The van der Waals surface area contributed by atoms with E-state index in [1.807, 2.05) is 56.6 Å². The largest absolute Gasteiger partial charge is 0.497 e. The second kappa shape index (κ2) is 11.5. The Hall–Kier alpha value is -4.32. The molecular formula is C29H36ClN9O3. The first-order chi connectivity index (χ1) is 19.9. The predicted octanol–water partition coefficient (Wildman–Crippen LogP) is 5.14. The van der Waals surface area contributed by atoms with Gasteiger partial charge in [0.2, 0.25) is 0 Å². The number of nitrogen functional groups attached to an aromatic ring is 1. The summed E-state index contributed by atoms with van der Waals surface area (Å²) in [5, 5.41) is 11.4. The molecule has 0 saturated carbocycles. The molecule has 0 atom stereocenters. The first kappa shape index (κ1) is 29.2. The van der Waals surface area contributed by atoms with E-state index in [2.05, 4.69) is 20.5 Å². The molecule has 1 aliphatic heterocycles. The van der Waals surface area contributed by atoms with Crippen LogP contribution < -0.4 is 26.0 Å². The van der Waals surface area contributed by atoms with Crippen LogP contribution in [-0.2, 0) is 11.3 Å². The van der Waals surface area contributed by atoms with Crippen LogP contribution in [0.4, 0.5) is 27.9 Å². The number of hydrogen-bond donors (Lipinski definition) is 3. The highest BCUT2D eigenvalue weighted by Crippen LogP contribution is 2.32. The summed E-state index contributed by atoms with van der Waals surface area (Å²) in [6.07, 6.45) is 4.38. The Morgan fingerprint density at radius 3 is 2.52 bits per heavy atom. The summed E-state index contributed by atoms with van der Waals surface area (Å²) in [5.74, 6) is 2.22. The van der Waals surface area contributed by atoms with E-state index in [9.17, 15) is 4.79 Å².